The molecule has 7 aromatic carbocycles. The summed E-state index contributed by atoms with van der Waals surface area (Å²) >= 11 is 0. The second kappa shape index (κ2) is 17.0. The lowest BCUT2D eigenvalue weighted by molar-refractivity contribution is 0.659. The molecular weight excluding hydrogens is 737 g/mol. The maximum atomic E-state index is 4.37. The minimum absolute atomic E-state index is 0.110. The van der Waals surface area contributed by atoms with Gasteiger partial charge in [-0.25, -0.2) is 0 Å². The quantitative estimate of drug-likeness (QED) is 0.0898. The molecule has 0 aromatic heterocycles. The molecule has 1 aliphatic carbocycles. The molecule has 0 unspecified atom stereocenters. The third-order valence-corrected chi connectivity index (χ3v) is 12.5. The maximum absolute atomic E-state index is 4.37. The van der Waals surface area contributed by atoms with E-state index in [0.717, 1.165) is 31.5 Å². The van der Waals surface area contributed by atoms with Gasteiger partial charge in [-0.3, -0.25) is 0 Å². The zero-order chi connectivity index (χ0) is 41.9. The van der Waals surface area contributed by atoms with Crippen molar-refractivity contribution < 1.29 is 0 Å². The molecule has 1 heterocycles. The first-order chi connectivity index (χ1) is 29.8. The Morgan fingerprint density at radius 1 is 0.623 bits per heavy atom. The Bertz CT molecular complexity index is 2830. The first-order valence-electron chi connectivity index (χ1n) is 21.8. The van der Waals surface area contributed by atoms with Crippen molar-refractivity contribution in [3.05, 3.63) is 215 Å². The van der Waals surface area contributed by atoms with Crippen molar-refractivity contribution in [1.82, 2.24) is 0 Å². The Labute approximate surface area is 362 Å². The van der Waals surface area contributed by atoms with Gasteiger partial charge < -0.3 is 9.80 Å². The third kappa shape index (κ3) is 7.71. The molecule has 2 aliphatic rings. The molecule has 300 valence electrons. The van der Waals surface area contributed by atoms with E-state index in [9.17, 15) is 0 Å². The topological polar surface area (TPSA) is 6.48 Å². The average Bonchev–Trinajstić information content (AvgIpc) is 3.39. The van der Waals surface area contributed by atoms with Gasteiger partial charge in [-0.15, -0.1) is 0 Å². The standard InChI is InChI=1S/C59H54N2/c1-6-8-10-17-42(3)41-60(38-9-7-2)48-33-35-52-51-34-28-44(39-54(51)59(4,5)55(52)40-48)25-24-43-26-29-45(30-27-43)49-36-37-58(53-21-14-13-20-50(49)53)61-56-22-15-11-18-46(56)31-32-47-19-12-16-23-57(47)61/h6,8,10-37,39-40H,3,7,9,38,41H2,1-2,4-5H3. The molecule has 0 amide bonds. The highest BCUT2D eigenvalue weighted by atomic mass is 15.2. The molecule has 9 rings (SSSR count). The molecule has 0 saturated carbocycles. The first-order valence-corrected chi connectivity index (χ1v) is 21.8. The number of unbranched alkanes of at least 4 members (excludes halogenated alkanes) is 1. The number of hydrogen-bond donors (Lipinski definition) is 0. The van der Waals surface area contributed by atoms with Gasteiger partial charge in [-0.1, -0.05) is 198 Å². The van der Waals surface area contributed by atoms with E-state index in [1.165, 1.54) is 89.2 Å². The van der Waals surface area contributed by atoms with Gasteiger partial charge in [0.1, 0.15) is 0 Å². The highest BCUT2D eigenvalue weighted by molar-refractivity contribution is 6.08. The van der Waals surface area contributed by atoms with Crippen molar-refractivity contribution in [2.24, 2.45) is 0 Å². The number of hydrogen-bond acceptors (Lipinski definition) is 2. The van der Waals surface area contributed by atoms with E-state index in [4.69, 9.17) is 0 Å². The lowest BCUT2D eigenvalue weighted by Gasteiger charge is -2.29. The largest absolute Gasteiger partial charge is 0.367 e. The fraction of sp³-hybridized carbons (Fsp3) is 0.153. The minimum Gasteiger partial charge on any atom is -0.367 e. The van der Waals surface area contributed by atoms with E-state index < -0.39 is 0 Å². The van der Waals surface area contributed by atoms with E-state index >= 15 is 0 Å². The van der Waals surface area contributed by atoms with E-state index in [1.54, 1.807) is 0 Å². The summed E-state index contributed by atoms with van der Waals surface area (Å²) in [6.45, 7) is 15.3. The summed E-state index contributed by atoms with van der Waals surface area (Å²) in [5.41, 5.74) is 18.5. The summed E-state index contributed by atoms with van der Waals surface area (Å²) in [5.74, 6) is 0. The molecule has 0 bridgehead atoms. The number of para-hydroxylation sites is 2. The van der Waals surface area contributed by atoms with Crippen LogP contribution < -0.4 is 9.80 Å². The number of anilines is 4. The van der Waals surface area contributed by atoms with Gasteiger partial charge in [0.2, 0.25) is 0 Å². The van der Waals surface area contributed by atoms with Crippen LogP contribution in [0.3, 0.4) is 0 Å². The van der Waals surface area contributed by atoms with Crippen molar-refractivity contribution in [3.63, 3.8) is 0 Å². The van der Waals surface area contributed by atoms with Crippen LogP contribution in [0.25, 0.3) is 57.3 Å². The molecule has 2 nitrogen and oxygen atoms in total. The van der Waals surface area contributed by atoms with Gasteiger partial charge in [0.05, 0.1) is 17.1 Å². The molecule has 0 saturated heterocycles. The Morgan fingerprint density at radius 3 is 1.93 bits per heavy atom. The second-order valence-corrected chi connectivity index (χ2v) is 16.9. The lowest BCUT2D eigenvalue weighted by atomic mass is 9.81. The van der Waals surface area contributed by atoms with Crippen molar-refractivity contribution in [2.45, 2.75) is 46.0 Å². The SMILES string of the molecule is C=C(C=CC=CC)CN(CCCC)c1ccc2c(c1)C(C)(C)c1cc(C=Cc3ccc(-c4ccc(N5c6ccccc6C=Cc6ccccc65)c5ccccc45)cc3)ccc1-2. The molecule has 0 radical (unpaired) electrons. The normalized spacial score (nSPS) is 13.7. The number of fused-ring (bicyclic) bond motifs is 6. The summed E-state index contributed by atoms with van der Waals surface area (Å²) < 4.78 is 0. The van der Waals surface area contributed by atoms with Gasteiger partial charge in [0.25, 0.3) is 0 Å². The van der Waals surface area contributed by atoms with Crippen molar-refractivity contribution in [1.29, 1.82) is 0 Å². The van der Waals surface area contributed by atoms with Crippen LogP contribution in [0.2, 0.25) is 0 Å². The van der Waals surface area contributed by atoms with Crippen molar-refractivity contribution >= 4 is 57.8 Å². The van der Waals surface area contributed by atoms with Crippen LogP contribution in [0.15, 0.2) is 182 Å². The van der Waals surface area contributed by atoms with Crippen molar-refractivity contribution in [3.8, 4) is 22.3 Å². The van der Waals surface area contributed by atoms with E-state index in [2.05, 4.69) is 225 Å². The van der Waals surface area contributed by atoms with Gasteiger partial charge in [0, 0.05) is 29.6 Å². The second-order valence-electron chi connectivity index (χ2n) is 16.9. The predicted molar refractivity (Wildman–Crippen MR) is 266 cm³/mol. The average molecular weight is 791 g/mol. The number of rotatable bonds is 12. The van der Waals surface area contributed by atoms with Gasteiger partial charge >= 0.3 is 0 Å². The Kier molecular flexibility index (Phi) is 11.0. The fourth-order valence-corrected chi connectivity index (χ4v) is 9.22. The number of nitrogens with zero attached hydrogens (tertiary/aromatic N) is 2. The smallest absolute Gasteiger partial charge is 0.0540 e. The summed E-state index contributed by atoms with van der Waals surface area (Å²) in [5, 5.41) is 2.46. The van der Waals surface area contributed by atoms with Crippen LogP contribution in [0.1, 0.15) is 73.9 Å². The van der Waals surface area contributed by atoms with Crippen LogP contribution in [-0.2, 0) is 5.41 Å². The zero-order valence-corrected chi connectivity index (χ0v) is 35.9. The predicted octanol–water partition coefficient (Wildman–Crippen LogP) is 16.2. The van der Waals surface area contributed by atoms with E-state index in [0.29, 0.717) is 0 Å². The van der Waals surface area contributed by atoms with Crippen LogP contribution in [-0.4, -0.2) is 13.1 Å². The monoisotopic (exact) mass is 790 g/mol. The molecule has 7 aromatic rings. The molecule has 0 fully saturated rings. The number of benzene rings is 7. The summed E-state index contributed by atoms with van der Waals surface area (Å²) in [6.07, 6.45) is 19.6. The molecule has 0 spiro atoms. The Hall–Kier alpha value is -6.90. The zero-order valence-electron chi connectivity index (χ0n) is 35.9. The molecule has 0 atom stereocenters. The van der Waals surface area contributed by atoms with Crippen molar-refractivity contribution in [2.75, 3.05) is 22.9 Å². The Morgan fingerprint density at radius 2 is 1.23 bits per heavy atom. The first kappa shape index (κ1) is 39.6. The van der Waals surface area contributed by atoms with E-state index in [1.807, 2.05) is 13.0 Å². The van der Waals surface area contributed by atoms with Gasteiger partial charge in [-0.2, -0.15) is 0 Å². The summed E-state index contributed by atoms with van der Waals surface area (Å²) in [4.78, 5) is 4.92. The highest BCUT2D eigenvalue weighted by Gasteiger charge is 2.36. The Balaban J connectivity index is 0.968. The minimum atomic E-state index is -0.110. The lowest BCUT2D eigenvalue weighted by Crippen LogP contribution is -2.27. The van der Waals surface area contributed by atoms with Gasteiger partial charge in [0.15, 0.2) is 0 Å². The summed E-state index contributed by atoms with van der Waals surface area (Å²) in [7, 11) is 0. The van der Waals surface area contributed by atoms with E-state index in [-0.39, 0.29) is 5.41 Å². The molecule has 61 heavy (non-hydrogen) atoms. The number of allylic oxidation sites excluding steroid dienone is 3. The van der Waals surface area contributed by atoms with Crippen LogP contribution in [0.5, 0.6) is 0 Å². The molecular formula is C59H54N2. The molecule has 1 aliphatic heterocycles. The fourth-order valence-electron chi connectivity index (χ4n) is 9.22. The molecule has 2 heteroatoms. The highest BCUT2D eigenvalue weighted by Crippen LogP contribution is 2.50. The van der Waals surface area contributed by atoms with Crippen LogP contribution in [0.4, 0.5) is 22.7 Å². The summed E-state index contributed by atoms with van der Waals surface area (Å²) in [6, 6.07) is 53.8. The van der Waals surface area contributed by atoms with Gasteiger partial charge in [-0.05, 0) is 110 Å². The van der Waals surface area contributed by atoms with Crippen LogP contribution >= 0.6 is 0 Å². The maximum Gasteiger partial charge on any atom is 0.0540 e. The molecule has 0 N–H and O–H groups in total. The third-order valence-electron chi connectivity index (χ3n) is 12.5. The van der Waals surface area contributed by atoms with Crippen LogP contribution in [0, 0.1) is 0 Å².